The Morgan fingerprint density at radius 3 is 2.69 bits per heavy atom. The van der Waals surface area contributed by atoms with Crippen LogP contribution < -0.4 is 0 Å². The number of hydrogen-bond donors (Lipinski definition) is 0. The highest BCUT2D eigenvalue weighted by molar-refractivity contribution is 6.02. The fourth-order valence-electron chi connectivity index (χ4n) is 3.83. The summed E-state index contributed by atoms with van der Waals surface area (Å²) in [6.07, 6.45) is 3.06. The van der Waals surface area contributed by atoms with E-state index in [0.29, 0.717) is 18.5 Å². The first-order chi connectivity index (χ1) is 14.0. The maximum atomic E-state index is 14.2. The lowest BCUT2D eigenvalue weighted by atomic mass is 9.84. The third-order valence-corrected chi connectivity index (χ3v) is 5.76. The predicted molar refractivity (Wildman–Crippen MR) is 106 cm³/mol. The van der Waals surface area contributed by atoms with Gasteiger partial charge in [-0.2, -0.15) is 0 Å². The van der Waals surface area contributed by atoms with E-state index in [1.165, 1.54) is 12.1 Å². The summed E-state index contributed by atoms with van der Waals surface area (Å²) in [5.74, 6) is -1.27. The first-order valence-corrected chi connectivity index (χ1v) is 10.0. The largest absolute Gasteiger partial charge is 0.390 e. The van der Waals surface area contributed by atoms with E-state index in [0.717, 1.165) is 42.2 Å². The van der Waals surface area contributed by atoms with Gasteiger partial charge in [0.15, 0.2) is 6.10 Å². The van der Waals surface area contributed by atoms with Gasteiger partial charge in [0, 0.05) is 36.1 Å². The van der Waals surface area contributed by atoms with Crippen LogP contribution in [0, 0.1) is 24.5 Å². The standard InChI is InChI=1S/C23H24F2N2O2/c1-15-5-2-3-8-20(15)22-12-19(29-26-22)14-27(23(28)16-6-4-7-16)13-17-9-10-18(24)11-21(17)25/h2-3,5,8-11,16,19H,4,6-7,12-14H2,1H3. The van der Waals surface area contributed by atoms with Gasteiger partial charge in [-0.25, -0.2) is 8.78 Å². The third kappa shape index (κ3) is 4.31. The van der Waals surface area contributed by atoms with Crippen molar-refractivity contribution >= 4 is 11.6 Å². The maximum absolute atomic E-state index is 14.2. The van der Waals surface area contributed by atoms with Gasteiger partial charge in [0.1, 0.15) is 11.6 Å². The van der Waals surface area contributed by atoms with Crippen LogP contribution in [0.2, 0.25) is 0 Å². The summed E-state index contributed by atoms with van der Waals surface area (Å²) >= 11 is 0. The molecule has 1 heterocycles. The highest BCUT2D eigenvalue weighted by atomic mass is 19.1. The molecule has 4 nitrogen and oxygen atoms in total. The lowest BCUT2D eigenvalue weighted by Gasteiger charge is -2.32. The Labute approximate surface area is 169 Å². The number of rotatable bonds is 6. The van der Waals surface area contributed by atoms with Gasteiger partial charge in [-0.05, 0) is 31.4 Å². The van der Waals surface area contributed by atoms with Crippen molar-refractivity contribution in [3.63, 3.8) is 0 Å². The normalized spacial score (nSPS) is 18.7. The molecule has 0 bridgehead atoms. The van der Waals surface area contributed by atoms with Crippen molar-refractivity contribution in [2.75, 3.05) is 6.54 Å². The van der Waals surface area contributed by atoms with Gasteiger partial charge in [-0.3, -0.25) is 4.79 Å². The Bertz CT molecular complexity index is 940. The van der Waals surface area contributed by atoms with Gasteiger partial charge in [-0.15, -0.1) is 0 Å². The Morgan fingerprint density at radius 2 is 2.00 bits per heavy atom. The second-order valence-corrected chi connectivity index (χ2v) is 7.87. The van der Waals surface area contributed by atoms with Crippen LogP contribution in [0.3, 0.4) is 0 Å². The highest BCUT2D eigenvalue weighted by Crippen LogP contribution is 2.30. The van der Waals surface area contributed by atoms with Gasteiger partial charge >= 0.3 is 0 Å². The number of carbonyl (C=O) groups excluding carboxylic acids is 1. The van der Waals surface area contributed by atoms with Crippen LogP contribution in [0.4, 0.5) is 8.78 Å². The van der Waals surface area contributed by atoms with Crippen molar-refractivity contribution in [2.24, 2.45) is 11.1 Å². The molecule has 1 unspecified atom stereocenters. The minimum atomic E-state index is -0.638. The average molecular weight is 398 g/mol. The Morgan fingerprint density at radius 1 is 1.21 bits per heavy atom. The maximum Gasteiger partial charge on any atom is 0.226 e. The molecule has 0 spiro atoms. The van der Waals surface area contributed by atoms with Crippen LogP contribution in [0.1, 0.15) is 42.4 Å². The molecule has 2 aliphatic rings. The van der Waals surface area contributed by atoms with Crippen LogP contribution in [0.5, 0.6) is 0 Å². The SMILES string of the molecule is Cc1ccccc1C1=NOC(CN(Cc2ccc(F)cc2F)C(=O)C2CCC2)C1. The molecule has 1 fully saturated rings. The van der Waals surface area contributed by atoms with E-state index in [2.05, 4.69) is 5.16 Å². The zero-order valence-corrected chi connectivity index (χ0v) is 16.4. The lowest BCUT2D eigenvalue weighted by molar-refractivity contribution is -0.140. The Kier molecular flexibility index (Phi) is 5.60. The molecule has 1 aliphatic carbocycles. The number of nitrogens with zero attached hydrogens (tertiary/aromatic N) is 2. The van der Waals surface area contributed by atoms with E-state index < -0.39 is 11.6 Å². The molecule has 29 heavy (non-hydrogen) atoms. The van der Waals surface area contributed by atoms with Gasteiger partial charge in [0.25, 0.3) is 0 Å². The second-order valence-electron chi connectivity index (χ2n) is 7.87. The summed E-state index contributed by atoms with van der Waals surface area (Å²) in [5.41, 5.74) is 3.32. The molecule has 2 aromatic carbocycles. The summed E-state index contributed by atoms with van der Waals surface area (Å²) in [7, 11) is 0. The van der Waals surface area contributed by atoms with Crippen molar-refractivity contribution < 1.29 is 18.4 Å². The van der Waals surface area contributed by atoms with E-state index in [9.17, 15) is 13.6 Å². The predicted octanol–water partition coefficient (Wildman–Crippen LogP) is 4.60. The average Bonchev–Trinajstić information content (AvgIpc) is 3.10. The van der Waals surface area contributed by atoms with Crippen molar-refractivity contribution in [1.82, 2.24) is 4.90 Å². The molecule has 1 atom stereocenters. The molecule has 0 radical (unpaired) electrons. The number of oxime groups is 1. The highest BCUT2D eigenvalue weighted by Gasteiger charge is 2.33. The second kappa shape index (κ2) is 8.31. The van der Waals surface area contributed by atoms with Gasteiger partial charge in [-0.1, -0.05) is 41.9 Å². The zero-order valence-electron chi connectivity index (χ0n) is 16.4. The Balaban J connectivity index is 1.47. The molecule has 0 aromatic heterocycles. The van der Waals surface area contributed by atoms with E-state index >= 15 is 0 Å². The first kappa shape index (κ1) is 19.6. The van der Waals surface area contributed by atoms with Crippen LogP contribution in [0.25, 0.3) is 0 Å². The molecule has 152 valence electrons. The third-order valence-electron chi connectivity index (χ3n) is 5.76. The number of amides is 1. The summed E-state index contributed by atoms with van der Waals surface area (Å²) < 4.78 is 27.4. The minimum absolute atomic E-state index is 0.00733. The zero-order chi connectivity index (χ0) is 20.4. The molecule has 6 heteroatoms. The van der Waals surface area contributed by atoms with E-state index in [-0.39, 0.29) is 24.5 Å². The van der Waals surface area contributed by atoms with Crippen LogP contribution in [0.15, 0.2) is 47.6 Å². The molecule has 1 amide bonds. The quantitative estimate of drug-likeness (QED) is 0.714. The van der Waals surface area contributed by atoms with Crippen molar-refractivity contribution in [2.45, 2.75) is 45.3 Å². The fraction of sp³-hybridized carbons (Fsp3) is 0.391. The van der Waals surface area contributed by atoms with Gasteiger partial charge in [0.2, 0.25) is 5.91 Å². The van der Waals surface area contributed by atoms with Crippen LogP contribution in [-0.4, -0.2) is 29.2 Å². The summed E-state index contributed by atoms with van der Waals surface area (Å²) in [5, 5.41) is 4.23. The summed E-state index contributed by atoms with van der Waals surface area (Å²) in [6, 6.07) is 11.4. The molecule has 0 saturated heterocycles. The first-order valence-electron chi connectivity index (χ1n) is 10.0. The number of halogens is 2. The molecule has 0 N–H and O–H groups in total. The van der Waals surface area contributed by atoms with Crippen molar-refractivity contribution in [3.8, 4) is 0 Å². The van der Waals surface area contributed by atoms with Gasteiger partial charge in [0.05, 0.1) is 12.3 Å². The fourth-order valence-corrected chi connectivity index (χ4v) is 3.83. The van der Waals surface area contributed by atoms with E-state index in [1.807, 2.05) is 31.2 Å². The number of hydrogen-bond acceptors (Lipinski definition) is 3. The van der Waals surface area contributed by atoms with Crippen molar-refractivity contribution in [1.29, 1.82) is 0 Å². The monoisotopic (exact) mass is 398 g/mol. The number of carbonyl (C=O) groups is 1. The van der Waals surface area contributed by atoms with Crippen molar-refractivity contribution in [3.05, 3.63) is 70.8 Å². The van der Waals surface area contributed by atoms with Crippen LogP contribution >= 0.6 is 0 Å². The number of aryl methyl sites for hydroxylation is 1. The Hall–Kier alpha value is -2.76. The molecule has 4 rings (SSSR count). The smallest absolute Gasteiger partial charge is 0.226 e. The van der Waals surface area contributed by atoms with E-state index in [4.69, 9.17) is 4.84 Å². The molecule has 1 saturated carbocycles. The number of benzene rings is 2. The van der Waals surface area contributed by atoms with Gasteiger partial charge < -0.3 is 9.74 Å². The molecular formula is C23H24F2N2O2. The summed E-state index contributed by atoms with van der Waals surface area (Å²) in [6.45, 7) is 2.45. The summed E-state index contributed by atoms with van der Waals surface area (Å²) in [4.78, 5) is 20.2. The van der Waals surface area contributed by atoms with Crippen LogP contribution in [-0.2, 0) is 16.2 Å². The molecule has 2 aromatic rings. The topological polar surface area (TPSA) is 41.9 Å². The van der Waals surface area contributed by atoms with E-state index in [1.54, 1.807) is 4.90 Å². The molecule has 1 aliphatic heterocycles. The lowest BCUT2D eigenvalue weighted by Crippen LogP contribution is -2.42. The minimum Gasteiger partial charge on any atom is -0.390 e. The molecular weight excluding hydrogens is 374 g/mol.